The van der Waals surface area contributed by atoms with Crippen molar-refractivity contribution in [2.24, 2.45) is 0 Å². The number of halogens is 3. The van der Waals surface area contributed by atoms with Crippen molar-refractivity contribution < 1.29 is 9.53 Å². The van der Waals surface area contributed by atoms with Gasteiger partial charge in [-0.2, -0.15) is 5.10 Å². The fourth-order valence-corrected chi connectivity index (χ4v) is 2.81. The van der Waals surface area contributed by atoms with E-state index in [0.717, 1.165) is 0 Å². The first-order valence-electron chi connectivity index (χ1n) is 5.74. The second-order valence-corrected chi connectivity index (χ2v) is 6.16. The van der Waals surface area contributed by atoms with E-state index in [1.54, 1.807) is 36.2 Å². The monoisotopic (exact) mass is 420 g/mol. The molecule has 0 radical (unpaired) electrons. The second kappa shape index (κ2) is 6.85. The zero-order valence-corrected chi connectivity index (χ0v) is 14.5. The largest absolute Gasteiger partial charge is 0.383 e. The number of hydrogen-bond acceptors (Lipinski definition) is 3. The van der Waals surface area contributed by atoms with E-state index < -0.39 is 0 Å². The Balaban J connectivity index is 2.42. The second-order valence-electron chi connectivity index (χ2n) is 4.01. The van der Waals surface area contributed by atoms with Crippen LogP contribution in [0.4, 0.5) is 0 Å². The summed E-state index contributed by atoms with van der Waals surface area (Å²) in [6.07, 6.45) is 1.60. The van der Waals surface area contributed by atoms with Crippen molar-refractivity contribution in [3.8, 4) is 0 Å². The number of carbonyl (C=O) groups is 1. The van der Waals surface area contributed by atoms with Crippen LogP contribution in [-0.4, -0.2) is 29.3 Å². The van der Waals surface area contributed by atoms with E-state index >= 15 is 0 Å². The summed E-state index contributed by atoms with van der Waals surface area (Å²) in [5.41, 5.74) is 0.974. The van der Waals surface area contributed by atoms with Gasteiger partial charge in [0, 0.05) is 22.2 Å². The molecule has 0 atom stereocenters. The van der Waals surface area contributed by atoms with Crippen molar-refractivity contribution in [3.63, 3.8) is 0 Å². The topological polar surface area (TPSA) is 44.1 Å². The summed E-state index contributed by atoms with van der Waals surface area (Å²) in [6, 6.07) is 5.10. The van der Waals surface area contributed by atoms with Crippen molar-refractivity contribution >= 4 is 49.2 Å². The summed E-state index contributed by atoms with van der Waals surface area (Å²) in [4.78, 5) is 12.7. The van der Waals surface area contributed by atoms with Gasteiger partial charge in [0.05, 0.1) is 23.8 Å². The van der Waals surface area contributed by atoms with Crippen LogP contribution in [0.1, 0.15) is 16.1 Å². The summed E-state index contributed by atoms with van der Waals surface area (Å²) in [7, 11) is 1.60. The molecule has 1 aromatic heterocycles. The molecule has 0 bridgehead atoms. The first-order chi connectivity index (χ1) is 9.54. The van der Waals surface area contributed by atoms with Gasteiger partial charge in [0.2, 0.25) is 5.78 Å². The third kappa shape index (κ3) is 3.31. The summed E-state index contributed by atoms with van der Waals surface area (Å²) >= 11 is 12.7. The first-order valence-corrected chi connectivity index (χ1v) is 7.71. The summed E-state index contributed by atoms with van der Waals surface area (Å²) in [5, 5.41) is 4.68. The average molecular weight is 423 g/mol. The maximum atomic E-state index is 12.7. The Labute approximate surface area is 138 Å². The number of hydrogen-bond donors (Lipinski definition) is 0. The normalized spacial score (nSPS) is 10.8. The van der Waals surface area contributed by atoms with E-state index in [-0.39, 0.29) is 5.78 Å². The minimum atomic E-state index is -0.153. The van der Waals surface area contributed by atoms with E-state index in [2.05, 4.69) is 37.0 Å². The number of carbonyl (C=O) groups excluding carboxylic acids is 1. The van der Waals surface area contributed by atoms with E-state index in [1.165, 1.54) is 0 Å². The highest BCUT2D eigenvalue weighted by Gasteiger charge is 2.21. The van der Waals surface area contributed by atoms with Gasteiger partial charge in [-0.15, -0.1) is 0 Å². The van der Waals surface area contributed by atoms with Gasteiger partial charge in [-0.05, 0) is 34.1 Å². The van der Waals surface area contributed by atoms with Crippen LogP contribution >= 0.6 is 43.5 Å². The van der Waals surface area contributed by atoms with Gasteiger partial charge in [0.15, 0.2) is 0 Å². The van der Waals surface area contributed by atoms with E-state index in [0.29, 0.717) is 38.4 Å². The van der Waals surface area contributed by atoms with Crippen molar-refractivity contribution in [2.75, 3.05) is 13.7 Å². The van der Waals surface area contributed by atoms with Crippen molar-refractivity contribution in [1.82, 2.24) is 9.78 Å². The van der Waals surface area contributed by atoms with Crippen LogP contribution in [0, 0.1) is 0 Å². The fourth-order valence-electron chi connectivity index (χ4n) is 1.73. The van der Waals surface area contributed by atoms with Crippen LogP contribution in [0.3, 0.4) is 0 Å². The smallest absolute Gasteiger partial charge is 0.213 e. The van der Waals surface area contributed by atoms with E-state index in [4.69, 9.17) is 16.3 Å². The molecule has 0 aliphatic heterocycles. The number of ether oxygens (including phenoxy) is 1. The molecule has 0 saturated heterocycles. The minimum absolute atomic E-state index is 0.153. The Kier molecular flexibility index (Phi) is 5.37. The van der Waals surface area contributed by atoms with Gasteiger partial charge in [-0.1, -0.05) is 27.5 Å². The van der Waals surface area contributed by atoms with Crippen LogP contribution < -0.4 is 0 Å². The maximum absolute atomic E-state index is 12.7. The van der Waals surface area contributed by atoms with Crippen LogP contribution in [0.5, 0.6) is 0 Å². The molecule has 20 heavy (non-hydrogen) atoms. The Morgan fingerprint density at radius 3 is 2.85 bits per heavy atom. The zero-order valence-electron chi connectivity index (χ0n) is 10.6. The third-order valence-corrected chi connectivity index (χ3v) is 4.20. The molecule has 0 amide bonds. The molecular weight excluding hydrogens is 411 g/mol. The van der Waals surface area contributed by atoms with Gasteiger partial charge in [-0.3, -0.25) is 9.48 Å². The lowest BCUT2D eigenvalue weighted by Crippen LogP contribution is -2.15. The van der Waals surface area contributed by atoms with Crippen LogP contribution in [-0.2, 0) is 11.3 Å². The maximum Gasteiger partial charge on any atom is 0.213 e. The van der Waals surface area contributed by atoms with Crippen LogP contribution in [0.25, 0.3) is 0 Å². The van der Waals surface area contributed by atoms with Crippen LogP contribution in [0.2, 0.25) is 5.02 Å². The minimum Gasteiger partial charge on any atom is -0.383 e. The van der Waals surface area contributed by atoms with Gasteiger partial charge in [-0.25, -0.2) is 0 Å². The molecule has 2 rings (SSSR count). The molecule has 0 aliphatic rings. The molecule has 0 saturated carbocycles. The van der Waals surface area contributed by atoms with Gasteiger partial charge >= 0.3 is 0 Å². The Morgan fingerprint density at radius 1 is 1.40 bits per heavy atom. The molecule has 0 aliphatic carbocycles. The highest BCUT2D eigenvalue weighted by Crippen LogP contribution is 2.26. The number of ketones is 1. The Hall–Kier alpha value is -0.690. The van der Waals surface area contributed by atoms with Crippen LogP contribution in [0.15, 0.2) is 33.3 Å². The quantitative estimate of drug-likeness (QED) is 0.686. The first kappa shape index (κ1) is 15.7. The van der Waals surface area contributed by atoms with Gasteiger partial charge in [0.1, 0.15) is 5.69 Å². The molecule has 7 heteroatoms. The molecule has 4 nitrogen and oxygen atoms in total. The van der Waals surface area contributed by atoms with Gasteiger partial charge < -0.3 is 4.74 Å². The van der Waals surface area contributed by atoms with Crippen molar-refractivity contribution in [2.45, 2.75) is 6.54 Å². The molecule has 1 heterocycles. The molecular formula is C13H11Br2ClN2O2. The van der Waals surface area contributed by atoms with Gasteiger partial charge in [0.25, 0.3) is 0 Å². The molecule has 1 aromatic carbocycles. The molecule has 106 valence electrons. The highest BCUT2D eigenvalue weighted by molar-refractivity contribution is 9.10. The summed E-state index contributed by atoms with van der Waals surface area (Å²) in [6.45, 7) is 0.979. The fraction of sp³-hybridized carbons (Fsp3) is 0.231. The lowest BCUT2D eigenvalue weighted by atomic mass is 10.1. The van der Waals surface area contributed by atoms with E-state index in [9.17, 15) is 4.79 Å². The average Bonchev–Trinajstić information content (AvgIpc) is 2.79. The molecule has 0 unspecified atom stereocenters. The molecule has 0 fully saturated rings. The Bertz CT molecular complexity index is 643. The Morgan fingerprint density at radius 2 is 2.15 bits per heavy atom. The predicted octanol–water partition coefficient (Wildman–Crippen LogP) is 3.94. The number of aromatic nitrogens is 2. The molecule has 0 spiro atoms. The molecule has 2 aromatic rings. The third-order valence-electron chi connectivity index (χ3n) is 2.69. The SMILES string of the molecule is COCCn1ncc(Br)c1C(=O)c1cc(Cl)ccc1Br. The number of rotatable bonds is 5. The van der Waals surface area contributed by atoms with Crippen molar-refractivity contribution in [3.05, 3.63) is 49.6 Å². The molecule has 0 N–H and O–H groups in total. The van der Waals surface area contributed by atoms with E-state index in [1.807, 2.05) is 0 Å². The number of benzene rings is 1. The zero-order chi connectivity index (χ0) is 14.7. The summed E-state index contributed by atoms with van der Waals surface area (Å²) in [5.74, 6) is -0.153. The number of nitrogens with zero attached hydrogens (tertiary/aromatic N) is 2. The standard InChI is InChI=1S/C13H11Br2ClN2O2/c1-20-5-4-18-12(11(15)7-17-18)13(19)9-6-8(16)2-3-10(9)14/h2-3,6-7H,4-5H2,1H3. The predicted molar refractivity (Wildman–Crippen MR) is 84.4 cm³/mol. The highest BCUT2D eigenvalue weighted by atomic mass is 79.9. The number of methoxy groups -OCH3 is 1. The summed E-state index contributed by atoms with van der Waals surface area (Å²) < 4.78 is 7.97. The van der Waals surface area contributed by atoms with Crippen molar-refractivity contribution in [1.29, 1.82) is 0 Å². The lowest BCUT2D eigenvalue weighted by molar-refractivity contribution is 0.102. The lowest BCUT2D eigenvalue weighted by Gasteiger charge is -2.08.